The van der Waals surface area contributed by atoms with Crippen molar-refractivity contribution in [3.63, 3.8) is 0 Å². The second-order valence-corrected chi connectivity index (χ2v) is 8.10. The van der Waals surface area contributed by atoms with Gasteiger partial charge in [-0.25, -0.2) is 9.59 Å². The van der Waals surface area contributed by atoms with Crippen molar-refractivity contribution >= 4 is 17.9 Å². The van der Waals surface area contributed by atoms with E-state index < -0.39 is 12.1 Å². The quantitative estimate of drug-likeness (QED) is 0.610. The molecular formula is C22H33N3O4. The lowest BCUT2D eigenvalue weighted by molar-refractivity contribution is -0.130. The summed E-state index contributed by atoms with van der Waals surface area (Å²) in [5.41, 5.74) is 1.23. The molecule has 1 aliphatic rings. The fraction of sp³-hybridized carbons (Fsp3) is 0.591. The predicted octanol–water partition coefficient (Wildman–Crippen LogP) is 3.13. The maximum absolute atomic E-state index is 12.4. The van der Waals surface area contributed by atoms with Gasteiger partial charge in [0.05, 0.1) is 5.56 Å². The van der Waals surface area contributed by atoms with E-state index in [0.717, 1.165) is 24.8 Å². The molecule has 0 unspecified atom stereocenters. The lowest BCUT2D eigenvalue weighted by Gasteiger charge is -2.30. The molecule has 0 aliphatic heterocycles. The van der Waals surface area contributed by atoms with Gasteiger partial charge in [-0.3, -0.25) is 4.79 Å². The van der Waals surface area contributed by atoms with Crippen molar-refractivity contribution in [3.8, 4) is 0 Å². The third-order valence-electron chi connectivity index (χ3n) is 5.15. The third kappa shape index (κ3) is 7.40. The monoisotopic (exact) mass is 403 g/mol. The molecule has 1 saturated carbocycles. The van der Waals surface area contributed by atoms with Crippen molar-refractivity contribution in [3.05, 3.63) is 35.4 Å². The van der Waals surface area contributed by atoms with E-state index in [0.29, 0.717) is 18.0 Å². The molecule has 1 fully saturated rings. The Morgan fingerprint density at radius 2 is 1.72 bits per heavy atom. The normalized spacial score (nSPS) is 19.9. The first-order valence-corrected chi connectivity index (χ1v) is 10.4. The molecule has 0 heterocycles. The average molecular weight is 404 g/mol. The molecule has 0 spiro atoms. The Morgan fingerprint density at radius 3 is 2.34 bits per heavy atom. The Hall–Kier alpha value is -2.57. The molecule has 160 valence electrons. The Morgan fingerprint density at radius 1 is 1.07 bits per heavy atom. The molecule has 1 aromatic rings. The summed E-state index contributed by atoms with van der Waals surface area (Å²) >= 11 is 0. The van der Waals surface area contributed by atoms with E-state index in [4.69, 9.17) is 4.74 Å². The maximum Gasteiger partial charge on any atom is 0.338 e. The third-order valence-corrected chi connectivity index (χ3v) is 5.15. The minimum atomic E-state index is -0.849. The summed E-state index contributed by atoms with van der Waals surface area (Å²) in [5.74, 6) is -0.352. The van der Waals surface area contributed by atoms with Gasteiger partial charge in [0, 0.05) is 18.6 Å². The highest BCUT2D eigenvalue weighted by molar-refractivity contribution is 5.92. The van der Waals surface area contributed by atoms with Crippen molar-refractivity contribution in [2.24, 2.45) is 5.92 Å². The summed E-state index contributed by atoms with van der Waals surface area (Å²) in [6.45, 7) is 7.86. The molecule has 3 amide bonds. The molecule has 0 radical (unpaired) electrons. The molecule has 3 atom stereocenters. The molecule has 1 aliphatic carbocycles. The van der Waals surface area contributed by atoms with Gasteiger partial charge in [-0.2, -0.15) is 0 Å². The van der Waals surface area contributed by atoms with Crippen molar-refractivity contribution in [2.45, 2.75) is 78.1 Å². The Labute approximate surface area is 173 Å². The molecule has 1 aromatic carbocycles. The van der Waals surface area contributed by atoms with Crippen LogP contribution in [0.2, 0.25) is 0 Å². The molecule has 3 N–H and O–H groups in total. The van der Waals surface area contributed by atoms with Crippen LogP contribution in [0.5, 0.6) is 0 Å². The first-order valence-electron chi connectivity index (χ1n) is 10.4. The number of carbonyl (C=O) groups excluding carboxylic acids is 3. The van der Waals surface area contributed by atoms with E-state index in [2.05, 4.69) is 22.9 Å². The van der Waals surface area contributed by atoms with Crippen molar-refractivity contribution in [2.75, 3.05) is 0 Å². The van der Waals surface area contributed by atoms with Crippen LogP contribution in [0.15, 0.2) is 24.3 Å². The van der Waals surface area contributed by atoms with Gasteiger partial charge in [0.2, 0.25) is 0 Å². The fourth-order valence-electron chi connectivity index (χ4n) is 3.37. The number of ether oxygens (including phenoxy) is 1. The zero-order valence-electron chi connectivity index (χ0n) is 17.8. The number of esters is 1. The molecule has 0 bridgehead atoms. The van der Waals surface area contributed by atoms with Crippen LogP contribution in [-0.4, -0.2) is 36.1 Å². The van der Waals surface area contributed by atoms with Crippen molar-refractivity contribution in [1.29, 1.82) is 0 Å². The van der Waals surface area contributed by atoms with E-state index in [9.17, 15) is 14.4 Å². The second kappa shape index (κ2) is 10.8. The Kier molecular flexibility index (Phi) is 8.49. The smallest absolute Gasteiger partial charge is 0.338 e. The highest BCUT2D eigenvalue weighted by Crippen LogP contribution is 2.23. The number of hydrogen-bond acceptors (Lipinski definition) is 4. The number of amides is 3. The van der Waals surface area contributed by atoms with Crippen LogP contribution in [0.1, 0.15) is 69.3 Å². The van der Waals surface area contributed by atoms with Crippen LogP contribution >= 0.6 is 0 Å². The number of nitrogens with one attached hydrogen (secondary N) is 3. The van der Waals surface area contributed by atoms with Gasteiger partial charge in [0.25, 0.3) is 5.91 Å². The van der Waals surface area contributed by atoms with Crippen LogP contribution < -0.4 is 16.0 Å². The second-order valence-electron chi connectivity index (χ2n) is 8.10. The van der Waals surface area contributed by atoms with Gasteiger partial charge in [-0.05, 0) is 57.2 Å². The first-order chi connectivity index (χ1) is 13.8. The summed E-state index contributed by atoms with van der Waals surface area (Å²) < 4.78 is 5.33. The lowest BCUT2D eigenvalue weighted by Crippen LogP contribution is -2.45. The fourth-order valence-corrected chi connectivity index (χ4v) is 3.37. The van der Waals surface area contributed by atoms with Crippen molar-refractivity contribution < 1.29 is 19.1 Å². The van der Waals surface area contributed by atoms with E-state index in [-0.39, 0.29) is 24.0 Å². The minimum Gasteiger partial charge on any atom is -0.449 e. The summed E-state index contributed by atoms with van der Waals surface area (Å²) in [4.78, 5) is 36.3. The first kappa shape index (κ1) is 22.7. The lowest BCUT2D eigenvalue weighted by atomic mass is 9.86. The van der Waals surface area contributed by atoms with Gasteiger partial charge in [-0.1, -0.05) is 31.9 Å². The SMILES string of the molecule is CC(C)NC(=O)NCc1ccc(C(=O)O[C@H](C)C(=O)N[C@@H]2CCCC[C@@H]2C)cc1. The number of rotatable bonds is 7. The summed E-state index contributed by atoms with van der Waals surface area (Å²) in [6, 6.07) is 6.74. The van der Waals surface area contributed by atoms with E-state index in [1.807, 2.05) is 13.8 Å². The number of hydrogen-bond donors (Lipinski definition) is 3. The minimum absolute atomic E-state index is 0.0626. The zero-order valence-corrected chi connectivity index (χ0v) is 17.8. The molecular weight excluding hydrogens is 370 g/mol. The summed E-state index contributed by atoms with van der Waals surface area (Å²) in [7, 11) is 0. The van der Waals surface area contributed by atoms with Crippen LogP contribution in [0.3, 0.4) is 0 Å². The van der Waals surface area contributed by atoms with Gasteiger partial charge < -0.3 is 20.7 Å². The number of carbonyl (C=O) groups is 3. The van der Waals surface area contributed by atoms with Crippen LogP contribution in [0.4, 0.5) is 4.79 Å². The van der Waals surface area contributed by atoms with Crippen LogP contribution in [0, 0.1) is 5.92 Å². The molecule has 2 rings (SSSR count). The van der Waals surface area contributed by atoms with Gasteiger partial charge >= 0.3 is 12.0 Å². The molecule has 0 aromatic heterocycles. The van der Waals surface area contributed by atoms with E-state index in [1.54, 1.807) is 31.2 Å². The van der Waals surface area contributed by atoms with Crippen LogP contribution in [-0.2, 0) is 16.1 Å². The Bertz CT molecular complexity index is 703. The van der Waals surface area contributed by atoms with Crippen LogP contribution in [0.25, 0.3) is 0 Å². The molecule has 7 nitrogen and oxygen atoms in total. The highest BCUT2D eigenvalue weighted by atomic mass is 16.5. The zero-order chi connectivity index (χ0) is 21.4. The van der Waals surface area contributed by atoms with Crippen molar-refractivity contribution in [1.82, 2.24) is 16.0 Å². The molecule has 29 heavy (non-hydrogen) atoms. The topological polar surface area (TPSA) is 96.5 Å². The molecule has 7 heteroatoms. The predicted molar refractivity (Wildman–Crippen MR) is 111 cm³/mol. The molecule has 0 saturated heterocycles. The highest BCUT2D eigenvalue weighted by Gasteiger charge is 2.26. The maximum atomic E-state index is 12.4. The largest absolute Gasteiger partial charge is 0.449 e. The standard InChI is InChI=1S/C22H33N3O4/c1-14(2)24-22(28)23-13-17-9-11-18(12-10-17)21(27)29-16(4)20(26)25-19-8-6-5-7-15(19)3/h9-12,14-16,19H,5-8,13H2,1-4H3,(H,25,26)(H2,23,24,28)/t15-,16+,19+/m0/s1. The summed E-state index contributed by atoms with van der Waals surface area (Å²) in [5, 5.41) is 8.51. The van der Waals surface area contributed by atoms with Gasteiger partial charge in [0.1, 0.15) is 0 Å². The number of benzene rings is 1. The van der Waals surface area contributed by atoms with Gasteiger partial charge in [-0.15, -0.1) is 0 Å². The Balaban J connectivity index is 1.81. The average Bonchev–Trinajstić information content (AvgIpc) is 2.68. The summed E-state index contributed by atoms with van der Waals surface area (Å²) in [6.07, 6.45) is 3.55. The van der Waals surface area contributed by atoms with E-state index >= 15 is 0 Å². The number of urea groups is 1. The van der Waals surface area contributed by atoms with E-state index in [1.165, 1.54) is 6.42 Å². The van der Waals surface area contributed by atoms with Gasteiger partial charge in [0.15, 0.2) is 6.10 Å².